The molecule has 9 heteroatoms. The second-order valence-corrected chi connectivity index (χ2v) is 10.5. The van der Waals surface area contributed by atoms with E-state index >= 15 is 0 Å². The number of amides is 3. The van der Waals surface area contributed by atoms with Gasteiger partial charge in [-0.15, -0.1) is 0 Å². The van der Waals surface area contributed by atoms with Crippen LogP contribution in [0.1, 0.15) is 61.0 Å². The molecular formula is C26H33N3O5S. The van der Waals surface area contributed by atoms with E-state index in [0.717, 1.165) is 21.9 Å². The summed E-state index contributed by atoms with van der Waals surface area (Å²) < 4.78 is 26.4. The number of nitrogens with zero attached hydrogens (tertiary/aromatic N) is 2. The second kappa shape index (κ2) is 11.5. The molecule has 1 aliphatic rings. The molecule has 3 amide bonds. The standard InChI is InChI=1S/C26H33N3O5S/c1-4-16-27-25(31)22(5-2)28(18-20-12-7-6-11-19(20)3)24(30)15-10-17-29-26(32)21-13-8-9-14-23(21)35(29,33)34/h6-9,11-14,22H,4-5,10,15-18H2,1-3H3,(H,27,31)/t22-/m0/s1. The molecule has 0 saturated carbocycles. The average Bonchev–Trinajstić information content (AvgIpc) is 3.04. The van der Waals surface area contributed by atoms with Crippen molar-refractivity contribution in [3.05, 3.63) is 65.2 Å². The zero-order valence-corrected chi connectivity index (χ0v) is 21.3. The first-order valence-electron chi connectivity index (χ1n) is 12.0. The maximum atomic E-state index is 13.4. The van der Waals surface area contributed by atoms with Gasteiger partial charge in [-0.2, -0.15) is 0 Å². The van der Waals surface area contributed by atoms with Gasteiger partial charge in [-0.1, -0.05) is 50.2 Å². The fourth-order valence-corrected chi connectivity index (χ4v) is 5.83. The van der Waals surface area contributed by atoms with Gasteiger partial charge in [0.15, 0.2) is 0 Å². The van der Waals surface area contributed by atoms with Crippen molar-refractivity contribution in [2.75, 3.05) is 13.1 Å². The molecule has 1 atom stereocenters. The lowest BCUT2D eigenvalue weighted by atomic mass is 10.1. The van der Waals surface area contributed by atoms with Crippen molar-refractivity contribution in [1.82, 2.24) is 14.5 Å². The van der Waals surface area contributed by atoms with E-state index in [1.807, 2.05) is 45.0 Å². The van der Waals surface area contributed by atoms with Crippen molar-refractivity contribution in [1.29, 1.82) is 0 Å². The monoisotopic (exact) mass is 499 g/mol. The molecular weight excluding hydrogens is 466 g/mol. The summed E-state index contributed by atoms with van der Waals surface area (Å²) in [6, 6.07) is 13.2. The summed E-state index contributed by atoms with van der Waals surface area (Å²) in [5.74, 6) is -1.03. The van der Waals surface area contributed by atoms with Gasteiger partial charge in [-0.25, -0.2) is 12.7 Å². The van der Waals surface area contributed by atoms with Crippen molar-refractivity contribution in [2.24, 2.45) is 0 Å². The van der Waals surface area contributed by atoms with E-state index in [0.29, 0.717) is 13.0 Å². The quantitative estimate of drug-likeness (QED) is 0.511. The highest BCUT2D eigenvalue weighted by Crippen LogP contribution is 2.30. The molecule has 0 bridgehead atoms. The summed E-state index contributed by atoms with van der Waals surface area (Å²) in [5, 5.41) is 2.88. The first-order valence-corrected chi connectivity index (χ1v) is 13.4. The predicted octanol–water partition coefficient (Wildman–Crippen LogP) is 3.25. The van der Waals surface area contributed by atoms with E-state index in [1.165, 1.54) is 12.1 Å². The molecule has 0 saturated heterocycles. The fourth-order valence-electron chi connectivity index (χ4n) is 4.23. The number of benzene rings is 2. The van der Waals surface area contributed by atoms with E-state index in [4.69, 9.17) is 0 Å². The SMILES string of the molecule is CCCNC(=O)[C@H](CC)N(Cc1ccccc1C)C(=O)CCCN1C(=O)c2ccccc2S1(=O)=O. The first kappa shape index (κ1) is 26.4. The molecule has 1 heterocycles. The number of hydrogen-bond acceptors (Lipinski definition) is 5. The molecule has 0 fully saturated rings. The van der Waals surface area contributed by atoms with Crippen molar-refractivity contribution >= 4 is 27.7 Å². The molecule has 0 aromatic heterocycles. The maximum Gasteiger partial charge on any atom is 0.269 e. The number of nitrogens with one attached hydrogen (secondary N) is 1. The van der Waals surface area contributed by atoms with Crippen LogP contribution in [0.2, 0.25) is 0 Å². The van der Waals surface area contributed by atoms with Crippen LogP contribution in [0.5, 0.6) is 0 Å². The van der Waals surface area contributed by atoms with E-state index in [1.54, 1.807) is 17.0 Å². The summed E-state index contributed by atoms with van der Waals surface area (Å²) in [6.07, 6.45) is 1.41. The summed E-state index contributed by atoms with van der Waals surface area (Å²) in [5.41, 5.74) is 2.11. The molecule has 1 aliphatic heterocycles. The van der Waals surface area contributed by atoms with Crippen molar-refractivity contribution in [3.63, 3.8) is 0 Å². The van der Waals surface area contributed by atoms with Gasteiger partial charge in [-0.05, 0) is 49.4 Å². The Balaban J connectivity index is 1.74. The molecule has 3 rings (SSSR count). The van der Waals surface area contributed by atoms with Gasteiger partial charge in [0.1, 0.15) is 10.9 Å². The number of sulfonamides is 1. The molecule has 0 unspecified atom stereocenters. The largest absolute Gasteiger partial charge is 0.354 e. The van der Waals surface area contributed by atoms with Gasteiger partial charge >= 0.3 is 0 Å². The van der Waals surface area contributed by atoms with Crippen LogP contribution < -0.4 is 5.32 Å². The molecule has 188 valence electrons. The van der Waals surface area contributed by atoms with Crippen molar-refractivity contribution in [2.45, 2.75) is 63.9 Å². The Hall–Kier alpha value is -3.20. The minimum Gasteiger partial charge on any atom is -0.354 e. The zero-order valence-electron chi connectivity index (χ0n) is 20.5. The maximum absolute atomic E-state index is 13.4. The van der Waals surface area contributed by atoms with Gasteiger partial charge in [0.05, 0.1) is 5.56 Å². The molecule has 1 N–H and O–H groups in total. The smallest absolute Gasteiger partial charge is 0.269 e. The van der Waals surface area contributed by atoms with E-state index < -0.39 is 22.0 Å². The van der Waals surface area contributed by atoms with Gasteiger partial charge in [-0.3, -0.25) is 14.4 Å². The van der Waals surface area contributed by atoms with Gasteiger partial charge in [0.25, 0.3) is 15.9 Å². The highest BCUT2D eigenvalue weighted by molar-refractivity contribution is 7.90. The number of aryl methyl sites for hydroxylation is 1. The Morgan fingerprint density at radius 2 is 1.74 bits per heavy atom. The summed E-state index contributed by atoms with van der Waals surface area (Å²) in [4.78, 5) is 40.4. The highest BCUT2D eigenvalue weighted by Gasteiger charge is 2.40. The van der Waals surface area contributed by atoms with Crippen molar-refractivity contribution < 1.29 is 22.8 Å². The van der Waals surface area contributed by atoms with Crippen LogP contribution >= 0.6 is 0 Å². The molecule has 2 aromatic carbocycles. The Kier molecular flexibility index (Phi) is 8.67. The summed E-state index contributed by atoms with van der Waals surface area (Å²) in [7, 11) is -3.92. The lowest BCUT2D eigenvalue weighted by Crippen LogP contribution is -2.49. The molecule has 0 spiro atoms. The lowest BCUT2D eigenvalue weighted by molar-refractivity contribution is -0.141. The summed E-state index contributed by atoms with van der Waals surface area (Å²) in [6.45, 7) is 6.48. The van der Waals surface area contributed by atoms with E-state index in [-0.39, 0.29) is 48.2 Å². The van der Waals surface area contributed by atoms with Crippen molar-refractivity contribution in [3.8, 4) is 0 Å². The van der Waals surface area contributed by atoms with E-state index in [2.05, 4.69) is 5.32 Å². The Morgan fingerprint density at radius 1 is 1.06 bits per heavy atom. The molecule has 8 nitrogen and oxygen atoms in total. The second-order valence-electron chi connectivity index (χ2n) is 8.65. The van der Waals surface area contributed by atoms with Crippen LogP contribution in [0.3, 0.4) is 0 Å². The fraction of sp³-hybridized carbons (Fsp3) is 0.423. The third kappa shape index (κ3) is 5.73. The van der Waals surface area contributed by atoms with Crippen LogP contribution in [0.15, 0.2) is 53.4 Å². The predicted molar refractivity (Wildman–Crippen MR) is 133 cm³/mol. The highest BCUT2D eigenvalue weighted by atomic mass is 32.2. The topological polar surface area (TPSA) is 104 Å². The Bertz CT molecular complexity index is 1190. The Morgan fingerprint density at radius 3 is 2.40 bits per heavy atom. The lowest BCUT2D eigenvalue weighted by Gasteiger charge is -2.31. The van der Waals surface area contributed by atoms with Crippen LogP contribution in [-0.4, -0.2) is 54.5 Å². The molecule has 0 aliphatic carbocycles. The number of fused-ring (bicyclic) bond motifs is 1. The number of rotatable bonds is 11. The van der Waals surface area contributed by atoms with Gasteiger partial charge in [0.2, 0.25) is 11.8 Å². The van der Waals surface area contributed by atoms with Crippen LogP contribution in [0.25, 0.3) is 0 Å². The molecule has 2 aromatic rings. The first-order chi connectivity index (χ1) is 16.7. The average molecular weight is 500 g/mol. The van der Waals surface area contributed by atoms with Crippen LogP contribution in [0, 0.1) is 6.92 Å². The van der Waals surface area contributed by atoms with Crippen LogP contribution in [0.4, 0.5) is 0 Å². The third-order valence-electron chi connectivity index (χ3n) is 6.20. The van der Waals surface area contributed by atoms with Gasteiger partial charge in [0, 0.05) is 26.1 Å². The van der Waals surface area contributed by atoms with E-state index in [9.17, 15) is 22.8 Å². The summed E-state index contributed by atoms with van der Waals surface area (Å²) >= 11 is 0. The molecule has 35 heavy (non-hydrogen) atoms. The minimum absolute atomic E-state index is 0.00357. The number of hydrogen-bond donors (Lipinski definition) is 1. The third-order valence-corrected chi connectivity index (χ3v) is 8.04. The normalized spacial score (nSPS) is 14.9. The van der Waals surface area contributed by atoms with Gasteiger partial charge < -0.3 is 10.2 Å². The Labute approximate surface area is 207 Å². The number of carbonyl (C=O) groups excluding carboxylic acids is 3. The number of carbonyl (C=O) groups is 3. The zero-order chi connectivity index (χ0) is 25.6. The van der Waals surface area contributed by atoms with Crippen LogP contribution in [-0.2, 0) is 26.2 Å². The minimum atomic E-state index is -3.92. The molecule has 0 radical (unpaired) electrons.